The Morgan fingerprint density at radius 1 is 1.00 bits per heavy atom. The van der Waals surface area contributed by atoms with Gasteiger partial charge in [-0.1, -0.05) is 24.3 Å². The van der Waals surface area contributed by atoms with E-state index in [1.807, 2.05) is 4.90 Å². The maximum absolute atomic E-state index is 14.8. The third-order valence-electron chi connectivity index (χ3n) is 7.74. The highest BCUT2D eigenvalue weighted by Crippen LogP contribution is 2.42. The molecule has 3 amide bonds. The van der Waals surface area contributed by atoms with Crippen molar-refractivity contribution in [3.63, 3.8) is 0 Å². The first-order valence-corrected chi connectivity index (χ1v) is 16.9. The summed E-state index contributed by atoms with van der Waals surface area (Å²) >= 11 is 0.722. The van der Waals surface area contributed by atoms with E-state index in [2.05, 4.69) is 32.8 Å². The summed E-state index contributed by atoms with van der Waals surface area (Å²) in [5.41, 5.74) is -0.0814. The van der Waals surface area contributed by atoms with E-state index >= 15 is 0 Å². The minimum absolute atomic E-state index is 0.0799. The fourth-order valence-electron chi connectivity index (χ4n) is 6.02. The monoisotopic (exact) mass is 700 g/mol. The summed E-state index contributed by atoms with van der Waals surface area (Å²) in [7, 11) is 0. The summed E-state index contributed by atoms with van der Waals surface area (Å²) in [5.74, 6) is -2.42. The van der Waals surface area contributed by atoms with Crippen molar-refractivity contribution in [3.05, 3.63) is 53.0 Å². The van der Waals surface area contributed by atoms with Crippen LogP contribution in [0.1, 0.15) is 89.2 Å². The number of piperidine rings is 1. The molecule has 1 aromatic carbocycles. The van der Waals surface area contributed by atoms with E-state index in [1.54, 1.807) is 41.5 Å². The highest BCUT2D eigenvalue weighted by molar-refractivity contribution is 7.19. The molecule has 1 fully saturated rings. The van der Waals surface area contributed by atoms with Crippen LogP contribution in [0.25, 0.3) is 10.6 Å². The molecule has 0 saturated carbocycles. The van der Waals surface area contributed by atoms with Gasteiger partial charge in [0.25, 0.3) is 5.91 Å². The molecule has 12 nitrogen and oxygen atoms in total. The number of pyridine rings is 1. The van der Waals surface area contributed by atoms with Crippen LogP contribution in [-0.2, 0) is 15.9 Å². The van der Waals surface area contributed by atoms with Gasteiger partial charge in [-0.3, -0.25) is 15.1 Å². The Labute approximate surface area is 287 Å². The number of ether oxygens (including phenoxy) is 2. The van der Waals surface area contributed by atoms with Gasteiger partial charge in [0.15, 0.2) is 5.69 Å². The number of nitrogens with one attached hydrogen (secondary N) is 3. The Bertz CT molecular complexity index is 1730. The number of halogens is 2. The molecule has 2 aliphatic rings. The third kappa shape index (κ3) is 8.63. The number of aromatic nitrogens is 2. The summed E-state index contributed by atoms with van der Waals surface area (Å²) in [6.07, 6.45) is 0.886. The lowest BCUT2D eigenvalue weighted by molar-refractivity contribution is 0.0494. The molecule has 3 atom stereocenters. The molecule has 0 radical (unpaired) electrons. The lowest BCUT2D eigenvalue weighted by Crippen LogP contribution is -2.51. The second-order valence-corrected chi connectivity index (χ2v) is 15.4. The van der Waals surface area contributed by atoms with E-state index in [1.165, 1.54) is 12.3 Å². The molecule has 15 heteroatoms. The molecule has 49 heavy (non-hydrogen) atoms. The number of amides is 3. The SMILES string of the molecule is CC1CC(NC(=O)OC(C)(C)C)CN(c2c(NC(=O)c3nc(-c4c(F)cccc4F)sc3NC(=O)OC(C)(C)C)cnc3c2CCC3O)C1. The van der Waals surface area contributed by atoms with E-state index in [-0.39, 0.29) is 27.7 Å². The molecular formula is C34H42F2N6O6S. The normalized spacial score (nSPS) is 19.2. The van der Waals surface area contributed by atoms with Crippen molar-refractivity contribution in [1.82, 2.24) is 15.3 Å². The lowest BCUT2D eigenvalue weighted by atomic mass is 9.94. The number of hydrogen-bond donors (Lipinski definition) is 4. The van der Waals surface area contributed by atoms with Crippen LogP contribution < -0.4 is 20.9 Å². The fraction of sp³-hybridized carbons (Fsp3) is 0.500. The lowest BCUT2D eigenvalue weighted by Gasteiger charge is -2.40. The first kappa shape index (κ1) is 35.9. The number of aliphatic hydroxyl groups excluding tert-OH is 1. The van der Waals surface area contributed by atoms with Gasteiger partial charge in [-0.25, -0.2) is 23.4 Å². The number of hydrogen-bond acceptors (Lipinski definition) is 10. The molecule has 1 aliphatic heterocycles. The van der Waals surface area contributed by atoms with Crippen LogP contribution in [0, 0.1) is 17.6 Å². The largest absolute Gasteiger partial charge is 0.444 e. The van der Waals surface area contributed by atoms with Crippen molar-refractivity contribution < 1.29 is 37.7 Å². The third-order valence-corrected chi connectivity index (χ3v) is 8.73. The number of aliphatic hydroxyl groups is 1. The Balaban J connectivity index is 1.50. The molecule has 5 rings (SSSR count). The topological polar surface area (TPSA) is 155 Å². The molecule has 3 aromatic rings. The van der Waals surface area contributed by atoms with Crippen molar-refractivity contribution >= 4 is 45.8 Å². The van der Waals surface area contributed by atoms with Crippen molar-refractivity contribution in [1.29, 1.82) is 0 Å². The van der Waals surface area contributed by atoms with Crippen LogP contribution in [-0.4, -0.2) is 63.5 Å². The standard InChI is InChI=1S/C34H42F2N6O6S/c1-17-13-18(38-31(45)47-33(2,3)4)16-42(15-17)27-19-11-12-23(43)25(19)37-14-22(27)39-28(44)26-30(41-32(46)48-34(5,6)7)49-29(40-26)24-20(35)9-8-10-21(24)36/h8-10,14,17-18,23,43H,11-13,15-16H2,1-7H3,(H,38,45)(H,39,44)(H,41,46). The Hall–Kier alpha value is -4.37. The first-order valence-electron chi connectivity index (χ1n) is 16.1. The van der Waals surface area contributed by atoms with Crippen LogP contribution in [0.2, 0.25) is 0 Å². The minimum atomic E-state index is -0.887. The summed E-state index contributed by atoms with van der Waals surface area (Å²) in [5, 5.41) is 18.8. The zero-order chi connectivity index (χ0) is 35.8. The molecule has 0 bridgehead atoms. The van der Waals surface area contributed by atoms with E-state index in [0.29, 0.717) is 49.4 Å². The summed E-state index contributed by atoms with van der Waals surface area (Å²) < 4.78 is 40.4. The van der Waals surface area contributed by atoms with E-state index in [0.717, 1.165) is 29.0 Å². The second-order valence-electron chi connectivity index (χ2n) is 14.4. The molecule has 0 spiro atoms. The number of carbonyl (C=O) groups excluding carboxylic acids is 3. The predicted molar refractivity (Wildman–Crippen MR) is 182 cm³/mol. The van der Waals surface area contributed by atoms with Crippen LogP contribution in [0.15, 0.2) is 24.4 Å². The molecular weight excluding hydrogens is 658 g/mol. The van der Waals surface area contributed by atoms with Crippen LogP contribution in [0.3, 0.4) is 0 Å². The van der Waals surface area contributed by atoms with Gasteiger partial charge in [-0.05, 0) is 78.9 Å². The van der Waals surface area contributed by atoms with Gasteiger partial charge in [0.2, 0.25) is 0 Å². The number of carbonyl (C=O) groups is 3. The number of fused-ring (bicyclic) bond motifs is 1. The van der Waals surface area contributed by atoms with Gasteiger partial charge in [0.05, 0.1) is 34.9 Å². The number of thiazole rings is 1. The van der Waals surface area contributed by atoms with Crippen molar-refractivity contribution in [2.45, 2.75) is 91.1 Å². The first-order chi connectivity index (χ1) is 22.9. The van der Waals surface area contributed by atoms with Crippen molar-refractivity contribution in [3.8, 4) is 10.6 Å². The van der Waals surface area contributed by atoms with E-state index in [4.69, 9.17) is 9.47 Å². The maximum Gasteiger partial charge on any atom is 0.412 e. The summed E-state index contributed by atoms with van der Waals surface area (Å²) in [6.45, 7) is 13.4. The minimum Gasteiger partial charge on any atom is -0.444 e. The number of nitrogens with zero attached hydrogens (tertiary/aromatic N) is 3. The number of benzene rings is 1. The van der Waals surface area contributed by atoms with Crippen LogP contribution in [0.5, 0.6) is 0 Å². The Kier molecular flexibility index (Phi) is 10.2. The smallest absolute Gasteiger partial charge is 0.412 e. The van der Waals surface area contributed by atoms with Crippen LogP contribution in [0.4, 0.5) is 34.7 Å². The zero-order valence-corrected chi connectivity index (χ0v) is 29.4. The molecule has 4 N–H and O–H groups in total. The van der Waals surface area contributed by atoms with Crippen molar-refractivity contribution in [2.24, 2.45) is 5.92 Å². The molecule has 1 aliphatic carbocycles. The number of rotatable bonds is 6. The summed E-state index contributed by atoms with van der Waals surface area (Å²) in [6, 6.07) is 3.08. The van der Waals surface area contributed by atoms with Gasteiger partial charge in [-0.2, -0.15) is 0 Å². The molecule has 2 aromatic heterocycles. The molecule has 3 heterocycles. The summed E-state index contributed by atoms with van der Waals surface area (Å²) in [4.78, 5) is 50.2. The zero-order valence-electron chi connectivity index (χ0n) is 28.6. The number of alkyl carbamates (subject to hydrolysis) is 1. The quantitative estimate of drug-likeness (QED) is 0.217. The Morgan fingerprint density at radius 2 is 1.65 bits per heavy atom. The second kappa shape index (κ2) is 13.9. The highest BCUT2D eigenvalue weighted by Gasteiger charge is 2.35. The van der Waals surface area contributed by atoms with Crippen LogP contribution >= 0.6 is 11.3 Å². The van der Waals surface area contributed by atoms with Gasteiger partial charge < -0.3 is 30.1 Å². The Morgan fingerprint density at radius 3 is 2.31 bits per heavy atom. The molecule has 264 valence electrons. The van der Waals surface area contributed by atoms with Gasteiger partial charge >= 0.3 is 12.2 Å². The van der Waals surface area contributed by atoms with Gasteiger partial charge in [0.1, 0.15) is 32.8 Å². The number of anilines is 3. The van der Waals surface area contributed by atoms with Crippen molar-refractivity contribution in [2.75, 3.05) is 28.6 Å². The average Bonchev–Trinajstić information content (AvgIpc) is 3.53. The van der Waals surface area contributed by atoms with E-state index in [9.17, 15) is 28.3 Å². The van der Waals surface area contributed by atoms with Gasteiger partial charge in [0, 0.05) is 24.7 Å². The highest BCUT2D eigenvalue weighted by atomic mass is 32.1. The van der Waals surface area contributed by atoms with Gasteiger partial charge in [-0.15, -0.1) is 0 Å². The van der Waals surface area contributed by atoms with E-state index < -0.39 is 52.6 Å². The average molecular weight is 701 g/mol. The molecule has 3 unspecified atom stereocenters. The predicted octanol–water partition coefficient (Wildman–Crippen LogP) is 6.80. The molecule has 1 saturated heterocycles. The maximum atomic E-state index is 14.8. The fourth-order valence-corrected chi connectivity index (χ4v) is 7.02.